The number of thioether (sulfide) groups is 1. The van der Waals surface area contributed by atoms with Crippen molar-refractivity contribution >= 4 is 23.4 Å². The quantitative estimate of drug-likeness (QED) is 0.570. The van der Waals surface area contributed by atoms with E-state index in [4.69, 9.17) is 4.74 Å². The maximum absolute atomic E-state index is 12.3. The van der Waals surface area contributed by atoms with Gasteiger partial charge in [0.15, 0.2) is 12.4 Å². The predicted octanol–water partition coefficient (Wildman–Crippen LogP) is 3.94. The molecule has 0 aliphatic carbocycles. The largest absolute Gasteiger partial charge is 0.483 e. The molecule has 0 aliphatic heterocycles. The van der Waals surface area contributed by atoms with Crippen LogP contribution in [0.15, 0.2) is 65.8 Å². The summed E-state index contributed by atoms with van der Waals surface area (Å²) in [5.74, 6) is 1.13. The average Bonchev–Trinajstić information content (AvgIpc) is 2.73. The van der Waals surface area contributed by atoms with Crippen molar-refractivity contribution in [3.05, 3.63) is 66.5 Å². The van der Waals surface area contributed by atoms with Gasteiger partial charge in [0.1, 0.15) is 5.75 Å². The van der Waals surface area contributed by atoms with Crippen LogP contribution >= 0.6 is 11.8 Å². The molecule has 0 unspecified atom stereocenters. The Labute approximate surface area is 175 Å². The zero-order valence-electron chi connectivity index (χ0n) is 16.8. The van der Waals surface area contributed by atoms with Crippen LogP contribution in [0.25, 0.3) is 11.4 Å². The van der Waals surface area contributed by atoms with E-state index in [9.17, 15) is 4.79 Å². The molecule has 2 aromatic carbocycles. The molecular weight excluding hydrogens is 384 g/mol. The molecule has 0 radical (unpaired) electrons. The lowest BCUT2D eigenvalue weighted by molar-refractivity contribution is -0.118. The Balaban J connectivity index is 1.71. The van der Waals surface area contributed by atoms with E-state index in [1.54, 1.807) is 30.2 Å². The molecule has 150 valence electrons. The summed E-state index contributed by atoms with van der Waals surface area (Å²) < 4.78 is 5.83. The number of nitrogens with one attached hydrogen (secondary N) is 1. The molecule has 29 heavy (non-hydrogen) atoms. The molecule has 0 bridgehead atoms. The zero-order valence-corrected chi connectivity index (χ0v) is 17.6. The number of hydrogen-bond donors (Lipinski definition) is 1. The summed E-state index contributed by atoms with van der Waals surface area (Å²) in [5, 5.41) is 2.88. The van der Waals surface area contributed by atoms with Gasteiger partial charge in [0.2, 0.25) is 0 Å². The van der Waals surface area contributed by atoms with Crippen molar-refractivity contribution in [1.29, 1.82) is 0 Å². The van der Waals surface area contributed by atoms with Gasteiger partial charge in [-0.05, 0) is 62.8 Å². The van der Waals surface area contributed by atoms with Gasteiger partial charge in [-0.15, -0.1) is 11.8 Å². The van der Waals surface area contributed by atoms with E-state index < -0.39 is 0 Å². The number of aromatic nitrogens is 2. The SMILES string of the molecule is CSc1cccc(NC(=O)COc2ccc(-c3ncccn3)cc2CN(C)C)c1. The molecule has 3 aromatic rings. The van der Waals surface area contributed by atoms with Crippen LogP contribution < -0.4 is 10.1 Å². The van der Waals surface area contributed by atoms with E-state index in [1.807, 2.05) is 67.7 Å². The molecule has 1 amide bonds. The van der Waals surface area contributed by atoms with Gasteiger partial charge in [0.25, 0.3) is 5.91 Å². The summed E-state index contributed by atoms with van der Waals surface area (Å²) in [6.07, 6.45) is 5.43. The van der Waals surface area contributed by atoms with Crippen LogP contribution in [0.4, 0.5) is 5.69 Å². The van der Waals surface area contributed by atoms with Crippen molar-refractivity contribution in [3.8, 4) is 17.1 Å². The van der Waals surface area contributed by atoms with Crippen molar-refractivity contribution in [2.45, 2.75) is 11.4 Å². The monoisotopic (exact) mass is 408 g/mol. The third kappa shape index (κ3) is 6.04. The maximum atomic E-state index is 12.3. The number of anilines is 1. The minimum atomic E-state index is -0.200. The number of ether oxygens (including phenoxy) is 1. The summed E-state index contributed by atoms with van der Waals surface area (Å²) in [4.78, 5) is 24.1. The van der Waals surface area contributed by atoms with Crippen molar-refractivity contribution in [3.63, 3.8) is 0 Å². The van der Waals surface area contributed by atoms with Crippen LogP contribution in [0.5, 0.6) is 5.75 Å². The molecule has 6 nitrogen and oxygen atoms in total. The van der Waals surface area contributed by atoms with Gasteiger partial charge in [0, 0.05) is 40.6 Å². The highest BCUT2D eigenvalue weighted by Crippen LogP contribution is 2.26. The van der Waals surface area contributed by atoms with Gasteiger partial charge < -0.3 is 15.0 Å². The molecule has 3 rings (SSSR count). The van der Waals surface area contributed by atoms with Gasteiger partial charge in [-0.1, -0.05) is 6.07 Å². The zero-order chi connectivity index (χ0) is 20.6. The summed E-state index contributed by atoms with van der Waals surface area (Å²) >= 11 is 1.63. The van der Waals surface area contributed by atoms with Crippen LogP contribution in [0, 0.1) is 0 Å². The van der Waals surface area contributed by atoms with Crippen molar-refractivity contribution in [1.82, 2.24) is 14.9 Å². The van der Waals surface area contributed by atoms with Crippen molar-refractivity contribution in [2.75, 3.05) is 32.3 Å². The Morgan fingerprint density at radius 1 is 1.10 bits per heavy atom. The lowest BCUT2D eigenvalue weighted by Gasteiger charge is -2.16. The minimum Gasteiger partial charge on any atom is -0.483 e. The normalized spacial score (nSPS) is 10.8. The second-order valence-electron chi connectivity index (χ2n) is 6.70. The van der Waals surface area contributed by atoms with Crippen LogP contribution in [-0.4, -0.2) is 47.7 Å². The highest BCUT2D eigenvalue weighted by Gasteiger charge is 2.11. The molecule has 0 aliphatic rings. The molecular formula is C22H24N4O2S. The Morgan fingerprint density at radius 3 is 2.62 bits per heavy atom. The number of amides is 1. The molecule has 1 N–H and O–H groups in total. The van der Waals surface area contributed by atoms with Crippen LogP contribution in [0.2, 0.25) is 0 Å². The first-order valence-electron chi connectivity index (χ1n) is 9.17. The highest BCUT2D eigenvalue weighted by atomic mass is 32.2. The molecule has 0 atom stereocenters. The van der Waals surface area contributed by atoms with Crippen LogP contribution in [0.3, 0.4) is 0 Å². The van der Waals surface area contributed by atoms with Gasteiger partial charge in [-0.25, -0.2) is 9.97 Å². The smallest absolute Gasteiger partial charge is 0.262 e. The topological polar surface area (TPSA) is 67.3 Å². The lowest BCUT2D eigenvalue weighted by Crippen LogP contribution is -2.21. The molecule has 1 aromatic heterocycles. The molecule has 0 fully saturated rings. The highest BCUT2D eigenvalue weighted by molar-refractivity contribution is 7.98. The molecule has 7 heteroatoms. The number of rotatable bonds is 8. The number of carbonyl (C=O) groups excluding carboxylic acids is 1. The fraction of sp³-hybridized carbons (Fsp3) is 0.227. The summed E-state index contributed by atoms with van der Waals surface area (Å²) in [7, 11) is 3.97. The van der Waals surface area contributed by atoms with E-state index >= 15 is 0 Å². The van der Waals surface area contributed by atoms with Crippen molar-refractivity contribution in [2.24, 2.45) is 0 Å². The molecule has 0 saturated heterocycles. The first-order valence-corrected chi connectivity index (χ1v) is 10.4. The van der Waals surface area contributed by atoms with Crippen molar-refractivity contribution < 1.29 is 9.53 Å². The first kappa shape index (κ1) is 20.8. The van der Waals surface area contributed by atoms with Crippen LogP contribution in [-0.2, 0) is 11.3 Å². The standard InChI is InChI=1S/C22H24N4O2S/c1-26(2)14-17-12-16(22-23-10-5-11-24-22)8-9-20(17)28-15-21(27)25-18-6-4-7-19(13-18)29-3/h4-13H,14-15H2,1-3H3,(H,25,27). The molecule has 0 spiro atoms. The number of carbonyl (C=O) groups is 1. The van der Waals surface area contributed by atoms with Gasteiger partial charge in [-0.3, -0.25) is 4.79 Å². The van der Waals surface area contributed by atoms with Gasteiger partial charge in [0.05, 0.1) is 0 Å². The average molecular weight is 409 g/mol. The Hall–Kier alpha value is -2.90. The first-order chi connectivity index (χ1) is 14.0. The summed E-state index contributed by atoms with van der Waals surface area (Å²) in [5.41, 5.74) is 2.64. The molecule has 0 saturated carbocycles. The summed E-state index contributed by atoms with van der Waals surface area (Å²) in [6.45, 7) is 0.610. The fourth-order valence-corrected chi connectivity index (χ4v) is 3.27. The third-order valence-corrected chi connectivity index (χ3v) is 4.81. The number of benzene rings is 2. The summed E-state index contributed by atoms with van der Waals surface area (Å²) in [6, 6.07) is 15.3. The van der Waals surface area contributed by atoms with E-state index in [-0.39, 0.29) is 12.5 Å². The van der Waals surface area contributed by atoms with Gasteiger partial charge >= 0.3 is 0 Å². The minimum absolute atomic E-state index is 0.0644. The van der Waals surface area contributed by atoms with E-state index in [1.165, 1.54) is 0 Å². The molecule has 1 heterocycles. The van der Waals surface area contributed by atoms with Gasteiger partial charge in [-0.2, -0.15) is 0 Å². The van der Waals surface area contributed by atoms with Crippen LogP contribution in [0.1, 0.15) is 5.56 Å². The number of hydrogen-bond acceptors (Lipinski definition) is 6. The van der Waals surface area contributed by atoms with E-state index in [0.29, 0.717) is 18.1 Å². The van der Waals surface area contributed by atoms with E-state index in [0.717, 1.165) is 21.7 Å². The Morgan fingerprint density at radius 2 is 1.90 bits per heavy atom. The maximum Gasteiger partial charge on any atom is 0.262 e. The predicted molar refractivity (Wildman–Crippen MR) is 117 cm³/mol. The fourth-order valence-electron chi connectivity index (χ4n) is 2.81. The lowest BCUT2D eigenvalue weighted by atomic mass is 10.1. The number of nitrogens with zero attached hydrogens (tertiary/aromatic N) is 3. The Kier molecular flexibility index (Phi) is 7.21. The third-order valence-electron chi connectivity index (χ3n) is 4.08. The van der Waals surface area contributed by atoms with E-state index in [2.05, 4.69) is 15.3 Å². The second-order valence-corrected chi connectivity index (χ2v) is 7.58. The second kappa shape index (κ2) is 10.0. The Bertz CT molecular complexity index is 964.